The Balaban J connectivity index is 1.58. The van der Waals surface area contributed by atoms with Crippen molar-refractivity contribution in [1.82, 2.24) is 4.90 Å². The van der Waals surface area contributed by atoms with E-state index < -0.39 is 0 Å². The first-order valence-electron chi connectivity index (χ1n) is 10.3. The number of hydrogen-bond acceptors (Lipinski definition) is 6. The van der Waals surface area contributed by atoms with Gasteiger partial charge in [-0.25, -0.2) is 0 Å². The molecule has 0 aromatic heterocycles. The molecule has 1 saturated heterocycles. The maximum absolute atomic E-state index is 12.6. The number of nitrogens with one attached hydrogen (secondary N) is 1. The lowest BCUT2D eigenvalue weighted by Gasteiger charge is -2.30. The van der Waals surface area contributed by atoms with Crippen LogP contribution in [0.2, 0.25) is 0 Å². The molecule has 2 aromatic carbocycles. The van der Waals surface area contributed by atoms with Gasteiger partial charge >= 0.3 is 0 Å². The smallest absolute Gasteiger partial charge is 0.246 e. The molecular weight excluding hydrogens is 412 g/mol. The number of methoxy groups -OCH3 is 3. The predicted octanol–water partition coefficient (Wildman–Crippen LogP) is 3.31. The second-order valence-corrected chi connectivity index (χ2v) is 7.40. The van der Waals surface area contributed by atoms with Gasteiger partial charge in [0.2, 0.25) is 17.6 Å². The van der Waals surface area contributed by atoms with Crippen molar-refractivity contribution in [1.29, 1.82) is 0 Å². The van der Waals surface area contributed by atoms with E-state index in [9.17, 15) is 14.7 Å². The first kappa shape index (κ1) is 23.0. The van der Waals surface area contributed by atoms with E-state index in [-0.39, 0.29) is 23.5 Å². The Bertz CT molecular complexity index is 971. The summed E-state index contributed by atoms with van der Waals surface area (Å²) < 4.78 is 16.0. The Morgan fingerprint density at radius 2 is 1.66 bits per heavy atom. The molecule has 2 aromatic rings. The van der Waals surface area contributed by atoms with E-state index in [1.165, 1.54) is 33.5 Å². The van der Waals surface area contributed by atoms with E-state index in [1.54, 1.807) is 41.3 Å². The topological polar surface area (TPSA) is 97.3 Å². The first-order valence-corrected chi connectivity index (χ1v) is 10.3. The van der Waals surface area contributed by atoms with E-state index in [1.807, 2.05) is 0 Å². The van der Waals surface area contributed by atoms with E-state index in [2.05, 4.69) is 5.32 Å². The lowest BCUT2D eigenvalue weighted by atomic mass is 9.95. The number of nitrogens with zero attached hydrogens (tertiary/aromatic N) is 1. The van der Waals surface area contributed by atoms with Crippen LogP contribution in [0.5, 0.6) is 23.0 Å². The summed E-state index contributed by atoms with van der Waals surface area (Å²) >= 11 is 0. The Hall–Kier alpha value is -3.68. The van der Waals surface area contributed by atoms with Crippen LogP contribution in [0.3, 0.4) is 0 Å². The fraction of sp³-hybridized carbons (Fsp3) is 0.333. The molecule has 3 rings (SSSR count). The molecular formula is C24H28N2O6. The number of carbonyl (C=O) groups excluding carboxylic acids is 2. The number of benzene rings is 2. The number of carbonyl (C=O) groups is 2. The molecule has 8 nitrogen and oxygen atoms in total. The van der Waals surface area contributed by atoms with Crippen molar-refractivity contribution in [2.75, 3.05) is 39.7 Å². The van der Waals surface area contributed by atoms with Crippen molar-refractivity contribution < 1.29 is 28.9 Å². The Labute approximate surface area is 187 Å². The average Bonchev–Trinajstić information content (AvgIpc) is 2.83. The number of amides is 2. The number of phenolic OH excluding ortho intramolecular Hbond substituents is 1. The third-order valence-corrected chi connectivity index (χ3v) is 5.44. The van der Waals surface area contributed by atoms with Gasteiger partial charge in [-0.1, -0.05) is 12.1 Å². The van der Waals surface area contributed by atoms with Crippen LogP contribution in [-0.2, 0) is 9.59 Å². The minimum atomic E-state index is -0.210. The third kappa shape index (κ3) is 5.32. The van der Waals surface area contributed by atoms with Crippen molar-refractivity contribution >= 4 is 23.6 Å². The minimum absolute atomic E-state index is 0.0328. The van der Waals surface area contributed by atoms with Gasteiger partial charge in [-0.3, -0.25) is 9.59 Å². The summed E-state index contributed by atoms with van der Waals surface area (Å²) in [6.07, 6.45) is 4.32. The number of rotatable bonds is 7. The van der Waals surface area contributed by atoms with E-state index >= 15 is 0 Å². The van der Waals surface area contributed by atoms with E-state index in [0.29, 0.717) is 48.9 Å². The zero-order valence-corrected chi connectivity index (χ0v) is 18.5. The van der Waals surface area contributed by atoms with E-state index in [4.69, 9.17) is 14.2 Å². The quantitative estimate of drug-likeness (QED) is 0.507. The van der Waals surface area contributed by atoms with Crippen LogP contribution in [0.15, 0.2) is 42.5 Å². The van der Waals surface area contributed by atoms with Crippen LogP contribution in [0.25, 0.3) is 6.08 Å². The highest BCUT2D eigenvalue weighted by atomic mass is 16.5. The molecule has 0 bridgehead atoms. The molecule has 1 aliphatic rings. The van der Waals surface area contributed by atoms with Gasteiger partial charge in [0.1, 0.15) is 5.75 Å². The van der Waals surface area contributed by atoms with Crippen LogP contribution in [0.4, 0.5) is 5.69 Å². The normalized spacial score (nSPS) is 14.3. The molecule has 0 radical (unpaired) electrons. The Morgan fingerprint density at radius 3 is 2.22 bits per heavy atom. The first-order chi connectivity index (χ1) is 15.5. The number of anilines is 1. The summed E-state index contributed by atoms with van der Waals surface area (Å²) in [7, 11) is 4.61. The summed E-state index contributed by atoms with van der Waals surface area (Å²) in [4.78, 5) is 26.9. The van der Waals surface area contributed by atoms with E-state index in [0.717, 1.165) is 5.56 Å². The van der Waals surface area contributed by atoms with Gasteiger partial charge in [-0.05, 0) is 48.7 Å². The van der Waals surface area contributed by atoms with Crippen LogP contribution in [0, 0.1) is 5.92 Å². The van der Waals surface area contributed by atoms with Gasteiger partial charge in [0.15, 0.2) is 11.5 Å². The number of aromatic hydroxyl groups is 1. The fourth-order valence-electron chi connectivity index (χ4n) is 3.65. The molecule has 1 aliphatic heterocycles. The zero-order valence-electron chi connectivity index (χ0n) is 18.5. The molecule has 8 heteroatoms. The molecule has 0 spiro atoms. The van der Waals surface area contributed by atoms with Crippen LogP contribution in [0.1, 0.15) is 18.4 Å². The summed E-state index contributed by atoms with van der Waals surface area (Å²) in [6.45, 7) is 0.967. The van der Waals surface area contributed by atoms with Crippen LogP contribution in [-0.4, -0.2) is 56.2 Å². The minimum Gasteiger partial charge on any atom is -0.506 e. The van der Waals surface area contributed by atoms with Gasteiger partial charge in [-0.2, -0.15) is 0 Å². The molecule has 1 heterocycles. The largest absolute Gasteiger partial charge is 0.506 e. The second-order valence-electron chi connectivity index (χ2n) is 7.40. The van der Waals surface area contributed by atoms with Gasteiger partial charge in [0, 0.05) is 25.1 Å². The number of phenols is 1. The van der Waals surface area contributed by atoms with Gasteiger partial charge < -0.3 is 29.5 Å². The number of para-hydroxylation sites is 2. The number of piperidine rings is 1. The molecule has 170 valence electrons. The standard InChI is InChI=1S/C24H28N2O6/c1-30-20-14-16(15-21(31-2)23(20)32-3)8-9-22(28)26-12-10-17(11-13-26)24(29)25-18-6-4-5-7-19(18)27/h4-9,14-15,17,27H,10-13H2,1-3H3,(H,25,29)/b9-8+. The summed E-state index contributed by atoms with van der Waals surface area (Å²) in [5.41, 5.74) is 1.13. The molecule has 0 aliphatic carbocycles. The van der Waals surface area contributed by atoms with Crippen molar-refractivity contribution in [3.05, 3.63) is 48.0 Å². The maximum Gasteiger partial charge on any atom is 0.246 e. The molecule has 32 heavy (non-hydrogen) atoms. The van der Waals surface area contributed by atoms with Crippen molar-refractivity contribution in [2.24, 2.45) is 5.92 Å². The van der Waals surface area contributed by atoms with Crippen LogP contribution >= 0.6 is 0 Å². The van der Waals surface area contributed by atoms with Crippen molar-refractivity contribution in [3.8, 4) is 23.0 Å². The second kappa shape index (κ2) is 10.6. The highest BCUT2D eigenvalue weighted by molar-refractivity contribution is 5.95. The fourth-order valence-corrected chi connectivity index (χ4v) is 3.65. The SMILES string of the molecule is COc1cc(/C=C/C(=O)N2CCC(C(=O)Nc3ccccc3O)CC2)cc(OC)c1OC. The molecule has 1 fully saturated rings. The number of hydrogen-bond donors (Lipinski definition) is 2. The Morgan fingerprint density at radius 1 is 1.03 bits per heavy atom. The highest BCUT2D eigenvalue weighted by Gasteiger charge is 2.27. The van der Waals surface area contributed by atoms with Gasteiger partial charge in [-0.15, -0.1) is 0 Å². The maximum atomic E-state index is 12.6. The van der Waals surface area contributed by atoms with Crippen molar-refractivity contribution in [2.45, 2.75) is 12.8 Å². The summed E-state index contributed by atoms with van der Waals surface area (Å²) in [5, 5.41) is 12.6. The highest BCUT2D eigenvalue weighted by Crippen LogP contribution is 2.38. The average molecular weight is 440 g/mol. The van der Waals surface area contributed by atoms with Crippen molar-refractivity contribution in [3.63, 3.8) is 0 Å². The predicted molar refractivity (Wildman–Crippen MR) is 121 cm³/mol. The third-order valence-electron chi connectivity index (χ3n) is 5.44. The van der Waals surface area contributed by atoms with Gasteiger partial charge in [0.05, 0.1) is 27.0 Å². The lowest BCUT2D eigenvalue weighted by Crippen LogP contribution is -2.40. The summed E-state index contributed by atoms with van der Waals surface area (Å²) in [6, 6.07) is 10.1. The number of ether oxygens (including phenoxy) is 3. The van der Waals surface area contributed by atoms with Crippen LogP contribution < -0.4 is 19.5 Å². The van der Waals surface area contributed by atoms with Gasteiger partial charge in [0.25, 0.3) is 0 Å². The molecule has 2 N–H and O–H groups in total. The molecule has 0 unspecified atom stereocenters. The molecule has 0 atom stereocenters. The monoisotopic (exact) mass is 440 g/mol. The summed E-state index contributed by atoms with van der Waals surface area (Å²) in [5.74, 6) is 1.06. The molecule has 2 amide bonds. The number of likely N-dealkylation sites (tertiary alicyclic amines) is 1. The zero-order chi connectivity index (χ0) is 23.1. The Kier molecular flexibility index (Phi) is 7.59. The lowest BCUT2D eigenvalue weighted by molar-refractivity contribution is -0.130. The molecule has 0 saturated carbocycles.